The average molecular weight is 292 g/mol. The largest absolute Gasteiger partial charge is 0.368 e. The van der Waals surface area contributed by atoms with Crippen molar-refractivity contribution in [1.82, 2.24) is 14.9 Å². The van der Waals surface area contributed by atoms with Gasteiger partial charge in [-0.1, -0.05) is 6.42 Å². The summed E-state index contributed by atoms with van der Waals surface area (Å²) in [4.78, 5) is 12.2. The third-order valence-electron chi connectivity index (χ3n) is 3.62. The molecule has 3 heterocycles. The van der Waals surface area contributed by atoms with E-state index in [1.165, 1.54) is 32.4 Å². The van der Waals surface area contributed by atoms with Crippen LogP contribution in [0.2, 0.25) is 0 Å². The summed E-state index contributed by atoms with van der Waals surface area (Å²) in [6.07, 6.45) is 4.02. The lowest BCUT2D eigenvalue weighted by molar-refractivity contribution is 0.237. The van der Waals surface area contributed by atoms with Crippen LogP contribution in [0.3, 0.4) is 0 Å². The highest BCUT2D eigenvalue weighted by Gasteiger charge is 2.11. The summed E-state index contributed by atoms with van der Waals surface area (Å²) in [5.74, 6) is 6.74. The molecule has 1 fully saturated rings. The van der Waals surface area contributed by atoms with E-state index < -0.39 is 0 Å². The van der Waals surface area contributed by atoms with Crippen molar-refractivity contribution in [3.05, 3.63) is 11.4 Å². The molecule has 0 atom stereocenters. The topological polar surface area (TPSA) is 79.1 Å². The molecule has 0 amide bonds. The number of hydrogen-bond acceptors (Lipinski definition) is 7. The Bertz CT molecular complexity index is 563. The number of rotatable bonds is 5. The number of thiophene rings is 1. The Labute approximate surface area is 122 Å². The van der Waals surface area contributed by atoms with Gasteiger partial charge in [0.1, 0.15) is 10.6 Å². The SMILES string of the molecule is NNc1nc(NCCN2CCCCC2)c2ccsc2n1. The summed E-state index contributed by atoms with van der Waals surface area (Å²) in [6, 6.07) is 2.05. The van der Waals surface area contributed by atoms with Crippen LogP contribution in [0.5, 0.6) is 0 Å². The summed E-state index contributed by atoms with van der Waals surface area (Å²) in [5, 5.41) is 6.50. The minimum absolute atomic E-state index is 0.459. The highest BCUT2D eigenvalue weighted by atomic mass is 32.1. The number of nitrogen functional groups attached to an aromatic ring is 1. The molecule has 0 aromatic carbocycles. The first-order valence-corrected chi connectivity index (χ1v) is 7.93. The van der Waals surface area contributed by atoms with Crippen LogP contribution in [0, 0.1) is 0 Å². The van der Waals surface area contributed by atoms with Crippen LogP contribution >= 0.6 is 11.3 Å². The maximum Gasteiger partial charge on any atom is 0.240 e. The molecule has 2 aromatic heterocycles. The number of aromatic nitrogens is 2. The lowest BCUT2D eigenvalue weighted by Gasteiger charge is -2.26. The van der Waals surface area contributed by atoms with Crippen molar-refractivity contribution in [1.29, 1.82) is 0 Å². The summed E-state index contributed by atoms with van der Waals surface area (Å²) in [6.45, 7) is 4.39. The van der Waals surface area contributed by atoms with Gasteiger partial charge in [0.05, 0.1) is 5.39 Å². The van der Waals surface area contributed by atoms with E-state index >= 15 is 0 Å². The lowest BCUT2D eigenvalue weighted by Crippen LogP contribution is -2.33. The molecule has 3 rings (SSSR count). The molecule has 7 heteroatoms. The Morgan fingerprint density at radius 2 is 2.10 bits per heavy atom. The fourth-order valence-corrected chi connectivity index (χ4v) is 3.33. The molecular weight excluding hydrogens is 272 g/mol. The van der Waals surface area contributed by atoms with Gasteiger partial charge in [-0.25, -0.2) is 10.8 Å². The molecule has 20 heavy (non-hydrogen) atoms. The molecule has 0 unspecified atom stereocenters. The van der Waals surface area contributed by atoms with Crippen LogP contribution < -0.4 is 16.6 Å². The van der Waals surface area contributed by atoms with Crippen LogP contribution in [0.4, 0.5) is 11.8 Å². The van der Waals surface area contributed by atoms with Crippen LogP contribution in [0.1, 0.15) is 19.3 Å². The first kappa shape index (κ1) is 13.5. The molecule has 1 aliphatic heterocycles. The zero-order valence-electron chi connectivity index (χ0n) is 11.4. The fraction of sp³-hybridized carbons (Fsp3) is 0.538. The van der Waals surface area contributed by atoms with Crippen molar-refractivity contribution in [2.75, 3.05) is 36.9 Å². The normalized spacial score (nSPS) is 16.4. The van der Waals surface area contributed by atoms with E-state index in [0.717, 1.165) is 29.1 Å². The van der Waals surface area contributed by atoms with Gasteiger partial charge < -0.3 is 10.2 Å². The van der Waals surface area contributed by atoms with Crippen molar-refractivity contribution in [3.8, 4) is 0 Å². The summed E-state index contributed by atoms with van der Waals surface area (Å²) < 4.78 is 0. The van der Waals surface area contributed by atoms with E-state index in [1.54, 1.807) is 11.3 Å². The smallest absolute Gasteiger partial charge is 0.240 e. The molecule has 1 saturated heterocycles. The minimum Gasteiger partial charge on any atom is -0.368 e. The number of piperidine rings is 1. The quantitative estimate of drug-likeness (QED) is 0.577. The number of anilines is 2. The van der Waals surface area contributed by atoms with Crippen LogP contribution in [-0.4, -0.2) is 41.0 Å². The molecular formula is C13H20N6S. The number of fused-ring (bicyclic) bond motifs is 1. The number of nitrogens with one attached hydrogen (secondary N) is 2. The average Bonchev–Trinajstić information content (AvgIpc) is 2.96. The Hall–Kier alpha value is -1.44. The van der Waals surface area contributed by atoms with E-state index in [0.29, 0.717) is 5.95 Å². The zero-order chi connectivity index (χ0) is 13.8. The maximum absolute atomic E-state index is 5.42. The van der Waals surface area contributed by atoms with E-state index in [1.807, 2.05) is 11.4 Å². The highest BCUT2D eigenvalue weighted by molar-refractivity contribution is 7.16. The first-order chi connectivity index (χ1) is 9.86. The third-order valence-corrected chi connectivity index (χ3v) is 4.43. The van der Waals surface area contributed by atoms with Gasteiger partial charge in [0, 0.05) is 13.1 Å². The van der Waals surface area contributed by atoms with E-state index in [-0.39, 0.29) is 0 Å². The second-order valence-corrected chi connectivity index (χ2v) is 5.90. The van der Waals surface area contributed by atoms with Crippen molar-refractivity contribution >= 4 is 33.3 Å². The van der Waals surface area contributed by atoms with Crippen molar-refractivity contribution in [2.24, 2.45) is 5.84 Å². The summed E-state index contributed by atoms with van der Waals surface area (Å²) in [7, 11) is 0. The van der Waals surface area contributed by atoms with Gasteiger partial charge in [-0.05, 0) is 37.4 Å². The van der Waals surface area contributed by atoms with Gasteiger partial charge in [-0.2, -0.15) is 4.98 Å². The molecule has 0 saturated carbocycles. The monoisotopic (exact) mass is 292 g/mol. The van der Waals surface area contributed by atoms with Crippen LogP contribution in [-0.2, 0) is 0 Å². The second kappa shape index (κ2) is 6.34. The van der Waals surface area contributed by atoms with E-state index in [9.17, 15) is 0 Å². The van der Waals surface area contributed by atoms with Crippen molar-refractivity contribution in [3.63, 3.8) is 0 Å². The van der Waals surface area contributed by atoms with Gasteiger partial charge >= 0.3 is 0 Å². The molecule has 6 nitrogen and oxygen atoms in total. The predicted octanol–water partition coefficient (Wildman–Crippen LogP) is 1.87. The summed E-state index contributed by atoms with van der Waals surface area (Å²) >= 11 is 1.60. The number of hydrogen-bond donors (Lipinski definition) is 3. The van der Waals surface area contributed by atoms with Gasteiger partial charge in [-0.3, -0.25) is 5.43 Å². The van der Waals surface area contributed by atoms with Crippen LogP contribution in [0.15, 0.2) is 11.4 Å². The number of nitrogens with zero attached hydrogens (tertiary/aromatic N) is 3. The van der Waals surface area contributed by atoms with Gasteiger partial charge in [0.15, 0.2) is 0 Å². The molecule has 0 radical (unpaired) electrons. The Kier molecular flexibility index (Phi) is 4.29. The number of likely N-dealkylation sites (tertiary alicyclic amines) is 1. The lowest BCUT2D eigenvalue weighted by atomic mass is 10.1. The van der Waals surface area contributed by atoms with Gasteiger partial charge in [0.25, 0.3) is 0 Å². The Morgan fingerprint density at radius 1 is 1.25 bits per heavy atom. The minimum atomic E-state index is 0.459. The van der Waals surface area contributed by atoms with E-state index in [2.05, 4.69) is 25.6 Å². The molecule has 0 aliphatic carbocycles. The van der Waals surface area contributed by atoms with Crippen LogP contribution in [0.25, 0.3) is 10.2 Å². The molecule has 4 N–H and O–H groups in total. The Morgan fingerprint density at radius 3 is 2.90 bits per heavy atom. The number of nitrogens with two attached hydrogens (primary N) is 1. The molecule has 0 bridgehead atoms. The van der Waals surface area contributed by atoms with Gasteiger partial charge in [-0.15, -0.1) is 11.3 Å². The third kappa shape index (κ3) is 3.00. The predicted molar refractivity (Wildman–Crippen MR) is 84.0 cm³/mol. The maximum atomic E-state index is 5.42. The number of hydrazine groups is 1. The Balaban J connectivity index is 1.65. The fourth-order valence-electron chi connectivity index (χ4n) is 2.57. The highest BCUT2D eigenvalue weighted by Crippen LogP contribution is 2.26. The standard InChI is InChI=1S/C13H20N6S/c14-18-13-16-11(10-4-9-20-12(10)17-13)15-5-8-19-6-2-1-3-7-19/h4,9H,1-3,5-8,14H2,(H2,15,16,17,18). The molecule has 1 aliphatic rings. The second-order valence-electron chi connectivity index (χ2n) is 5.01. The van der Waals surface area contributed by atoms with E-state index in [4.69, 9.17) is 5.84 Å². The summed E-state index contributed by atoms with van der Waals surface area (Å²) in [5.41, 5.74) is 2.52. The van der Waals surface area contributed by atoms with Crippen molar-refractivity contribution in [2.45, 2.75) is 19.3 Å². The molecule has 2 aromatic rings. The van der Waals surface area contributed by atoms with Gasteiger partial charge in [0.2, 0.25) is 5.95 Å². The molecule has 0 spiro atoms. The first-order valence-electron chi connectivity index (χ1n) is 7.05. The molecule has 108 valence electrons. The van der Waals surface area contributed by atoms with Crippen molar-refractivity contribution < 1.29 is 0 Å². The zero-order valence-corrected chi connectivity index (χ0v) is 12.2.